The average molecular weight is 354 g/mol. The maximum absolute atomic E-state index is 12.7. The van der Waals surface area contributed by atoms with Crippen LogP contribution in [0.15, 0.2) is 47.4 Å². The third kappa shape index (κ3) is 3.93. The molecular formula is C16H17Cl2N3O2. The second kappa shape index (κ2) is 7.64. The number of piperazine rings is 1. The van der Waals surface area contributed by atoms with E-state index in [9.17, 15) is 9.59 Å². The number of rotatable bonds is 2. The highest BCUT2D eigenvalue weighted by atomic mass is 35.5. The Labute approximate surface area is 145 Å². The van der Waals surface area contributed by atoms with E-state index in [1.807, 2.05) is 29.2 Å². The zero-order valence-electron chi connectivity index (χ0n) is 12.3. The summed E-state index contributed by atoms with van der Waals surface area (Å²) < 4.78 is 0. The van der Waals surface area contributed by atoms with Crippen molar-refractivity contribution in [3.05, 3.63) is 69.1 Å². The van der Waals surface area contributed by atoms with Gasteiger partial charge in [0.25, 0.3) is 5.91 Å². The van der Waals surface area contributed by atoms with Gasteiger partial charge in [0.1, 0.15) is 0 Å². The van der Waals surface area contributed by atoms with Crippen LogP contribution in [0.4, 0.5) is 0 Å². The van der Waals surface area contributed by atoms with Crippen molar-refractivity contribution in [2.45, 2.75) is 6.04 Å². The Balaban J connectivity index is 0.00000192. The topological polar surface area (TPSA) is 65.2 Å². The summed E-state index contributed by atoms with van der Waals surface area (Å²) in [5.41, 5.74) is 1.26. The lowest BCUT2D eigenvalue weighted by Gasteiger charge is -2.36. The van der Waals surface area contributed by atoms with Crippen molar-refractivity contribution in [2.75, 3.05) is 19.6 Å². The second-order valence-electron chi connectivity index (χ2n) is 5.22. The van der Waals surface area contributed by atoms with Crippen LogP contribution in [0.5, 0.6) is 0 Å². The van der Waals surface area contributed by atoms with E-state index in [0.717, 1.165) is 12.1 Å². The maximum Gasteiger partial charge on any atom is 0.255 e. The highest BCUT2D eigenvalue weighted by Crippen LogP contribution is 2.25. The molecular weight excluding hydrogens is 337 g/mol. The van der Waals surface area contributed by atoms with Crippen molar-refractivity contribution in [1.29, 1.82) is 0 Å². The van der Waals surface area contributed by atoms with Crippen molar-refractivity contribution in [3.63, 3.8) is 0 Å². The Bertz CT molecular complexity index is 728. The van der Waals surface area contributed by atoms with Gasteiger partial charge in [-0.2, -0.15) is 0 Å². The van der Waals surface area contributed by atoms with Gasteiger partial charge in [0.15, 0.2) is 0 Å². The zero-order valence-corrected chi connectivity index (χ0v) is 13.9. The van der Waals surface area contributed by atoms with E-state index in [4.69, 9.17) is 11.6 Å². The number of nitrogens with one attached hydrogen (secondary N) is 2. The van der Waals surface area contributed by atoms with Gasteiger partial charge in [0, 0.05) is 36.9 Å². The van der Waals surface area contributed by atoms with Crippen molar-refractivity contribution in [2.24, 2.45) is 0 Å². The Morgan fingerprint density at radius 2 is 2.09 bits per heavy atom. The lowest BCUT2D eigenvalue weighted by Crippen LogP contribution is -2.48. The summed E-state index contributed by atoms with van der Waals surface area (Å²) in [6.45, 7) is 2.02. The molecule has 2 heterocycles. The summed E-state index contributed by atoms with van der Waals surface area (Å²) in [6, 6.07) is 10.4. The van der Waals surface area contributed by atoms with Gasteiger partial charge in [0.05, 0.1) is 11.6 Å². The molecule has 23 heavy (non-hydrogen) atoms. The van der Waals surface area contributed by atoms with E-state index >= 15 is 0 Å². The van der Waals surface area contributed by atoms with E-state index in [1.165, 1.54) is 12.3 Å². The summed E-state index contributed by atoms with van der Waals surface area (Å²) in [5, 5.41) is 3.96. The normalized spacial score (nSPS) is 17.4. The molecule has 1 unspecified atom stereocenters. The fourth-order valence-electron chi connectivity index (χ4n) is 2.67. The van der Waals surface area contributed by atoms with Gasteiger partial charge in [-0.05, 0) is 23.8 Å². The minimum absolute atomic E-state index is 0. The van der Waals surface area contributed by atoms with Crippen LogP contribution in [0.2, 0.25) is 5.02 Å². The number of hydrogen-bond donors (Lipinski definition) is 2. The number of carbonyl (C=O) groups excluding carboxylic acids is 1. The van der Waals surface area contributed by atoms with Crippen molar-refractivity contribution >= 4 is 29.9 Å². The molecule has 1 aromatic carbocycles. The van der Waals surface area contributed by atoms with Crippen molar-refractivity contribution in [3.8, 4) is 0 Å². The number of aromatic amines is 1. The molecule has 0 saturated carbocycles. The third-order valence-electron chi connectivity index (χ3n) is 3.77. The first kappa shape index (κ1) is 17.5. The van der Waals surface area contributed by atoms with Crippen LogP contribution in [0.1, 0.15) is 22.0 Å². The Morgan fingerprint density at radius 3 is 2.78 bits per heavy atom. The van der Waals surface area contributed by atoms with Gasteiger partial charge < -0.3 is 15.2 Å². The molecule has 2 aromatic rings. The van der Waals surface area contributed by atoms with Gasteiger partial charge >= 0.3 is 0 Å². The quantitative estimate of drug-likeness (QED) is 0.869. The number of pyridine rings is 1. The SMILES string of the molecule is Cl.O=C(c1ccc(=O)[nH]c1)N1CCNCC1c1cccc(Cl)c1. The van der Waals surface area contributed by atoms with Crippen LogP contribution in [-0.2, 0) is 0 Å². The van der Waals surface area contributed by atoms with Crippen LogP contribution < -0.4 is 10.9 Å². The third-order valence-corrected chi connectivity index (χ3v) is 4.00. The fraction of sp³-hybridized carbons (Fsp3) is 0.250. The second-order valence-corrected chi connectivity index (χ2v) is 5.65. The smallest absolute Gasteiger partial charge is 0.255 e. The summed E-state index contributed by atoms with van der Waals surface area (Å²) >= 11 is 6.06. The van der Waals surface area contributed by atoms with Gasteiger partial charge in [-0.15, -0.1) is 12.4 Å². The molecule has 3 rings (SSSR count). The highest BCUT2D eigenvalue weighted by molar-refractivity contribution is 6.30. The van der Waals surface area contributed by atoms with Crippen LogP contribution in [0, 0.1) is 0 Å². The highest BCUT2D eigenvalue weighted by Gasteiger charge is 2.28. The van der Waals surface area contributed by atoms with Crippen LogP contribution in [-0.4, -0.2) is 35.4 Å². The van der Waals surface area contributed by atoms with Crippen molar-refractivity contribution in [1.82, 2.24) is 15.2 Å². The first-order valence-corrected chi connectivity index (χ1v) is 7.49. The molecule has 5 nitrogen and oxygen atoms in total. The molecule has 0 radical (unpaired) electrons. The lowest BCUT2D eigenvalue weighted by atomic mass is 10.0. The Kier molecular flexibility index (Phi) is 5.82. The monoisotopic (exact) mass is 353 g/mol. The minimum atomic E-state index is -0.219. The number of H-pyrrole nitrogens is 1. The predicted molar refractivity (Wildman–Crippen MR) is 92.4 cm³/mol. The number of carbonyl (C=O) groups is 1. The van der Waals surface area contributed by atoms with Crippen LogP contribution in [0.3, 0.4) is 0 Å². The molecule has 1 aliphatic rings. The molecule has 122 valence electrons. The van der Waals surface area contributed by atoms with Crippen LogP contribution in [0.25, 0.3) is 0 Å². The molecule has 0 bridgehead atoms. The van der Waals surface area contributed by atoms with E-state index in [-0.39, 0.29) is 29.9 Å². The molecule has 1 aliphatic heterocycles. The van der Waals surface area contributed by atoms with E-state index in [2.05, 4.69) is 10.3 Å². The Hall–Kier alpha value is -1.82. The molecule has 0 spiro atoms. The molecule has 1 amide bonds. The van der Waals surface area contributed by atoms with Gasteiger partial charge in [0.2, 0.25) is 5.56 Å². The molecule has 1 aromatic heterocycles. The summed E-state index contributed by atoms with van der Waals surface area (Å²) in [7, 11) is 0. The molecule has 7 heteroatoms. The maximum atomic E-state index is 12.7. The average Bonchev–Trinajstić information content (AvgIpc) is 2.55. The summed E-state index contributed by atoms with van der Waals surface area (Å²) in [5.74, 6) is -0.0947. The molecule has 2 N–H and O–H groups in total. The number of hydrogen-bond acceptors (Lipinski definition) is 3. The largest absolute Gasteiger partial charge is 0.329 e. The van der Waals surface area contributed by atoms with E-state index in [0.29, 0.717) is 23.7 Å². The predicted octanol–water partition coefficient (Wildman–Crippen LogP) is 2.24. The van der Waals surface area contributed by atoms with Gasteiger partial charge in [-0.25, -0.2) is 0 Å². The lowest BCUT2D eigenvalue weighted by molar-refractivity contribution is 0.0634. The summed E-state index contributed by atoms with van der Waals surface area (Å²) in [6.07, 6.45) is 1.46. The first-order chi connectivity index (χ1) is 10.6. The number of aromatic nitrogens is 1. The molecule has 1 saturated heterocycles. The number of nitrogens with zero attached hydrogens (tertiary/aromatic N) is 1. The standard InChI is InChI=1S/C16H16ClN3O2.ClH/c17-13-3-1-2-11(8-13)14-10-18-6-7-20(14)16(22)12-4-5-15(21)19-9-12;/h1-5,8-9,14,18H,6-7,10H2,(H,19,21);1H. The van der Waals surface area contributed by atoms with Crippen LogP contribution >= 0.6 is 24.0 Å². The zero-order chi connectivity index (χ0) is 15.5. The molecule has 1 fully saturated rings. The Morgan fingerprint density at radius 1 is 1.26 bits per heavy atom. The summed E-state index contributed by atoms with van der Waals surface area (Å²) in [4.78, 5) is 28.2. The van der Waals surface area contributed by atoms with Crippen molar-refractivity contribution < 1.29 is 4.79 Å². The van der Waals surface area contributed by atoms with E-state index in [1.54, 1.807) is 6.07 Å². The van der Waals surface area contributed by atoms with Gasteiger partial charge in [-0.3, -0.25) is 9.59 Å². The molecule has 1 atom stereocenters. The first-order valence-electron chi connectivity index (χ1n) is 7.11. The number of benzene rings is 1. The fourth-order valence-corrected chi connectivity index (χ4v) is 2.87. The minimum Gasteiger partial charge on any atom is -0.329 e. The molecule has 0 aliphatic carbocycles. The number of amides is 1. The number of halogens is 2. The van der Waals surface area contributed by atoms with Gasteiger partial charge in [-0.1, -0.05) is 23.7 Å². The van der Waals surface area contributed by atoms with E-state index < -0.39 is 0 Å².